The van der Waals surface area contributed by atoms with E-state index in [1.54, 1.807) is 12.1 Å². The van der Waals surface area contributed by atoms with Crippen LogP contribution in [0.3, 0.4) is 0 Å². The van der Waals surface area contributed by atoms with Crippen molar-refractivity contribution in [2.75, 3.05) is 23.9 Å². The van der Waals surface area contributed by atoms with Gasteiger partial charge in [0.2, 0.25) is 10.0 Å². The third-order valence-electron chi connectivity index (χ3n) is 2.60. The van der Waals surface area contributed by atoms with E-state index < -0.39 is 10.0 Å². The molecule has 1 aromatic rings. The normalized spacial score (nSPS) is 13.3. The predicted molar refractivity (Wildman–Crippen MR) is 78.3 cm³/mol. The number of thioether (sulfide) groups is 1. The molecule has 0 saturated heterocycles. The lowest BCUT2D eigenvalue weighted by molar-refractivity contribution is 0.598. The van der Waals surface area contributed by atoms with Gasteiger partial charge in [0.25, 0.3) is 0 Å². The maximum Gasteiger partial charge on any atom is 0.240 e. The molecule has 0 spiro atoms. The Balaban J connectivity index is 2.68. The highest BCUT2D eigenvalue weighted by molar-refractivity contribution is 7.99. The number of primary sulfonamides is 1. The number of nitrogens with one attached hydrogen (secondary N) is 1. The van der Waals surface area contributed by atoms with Gasteiger partial charge in [-0.15, -0.1) is 0 Å². The van der Waals surface area contributed by atoms with Crippen molar-refractivity contribution in [1.29, 1.82) is 0 Å². The molecule has 5 N–H and O–H groups in total. The van der Waals surface area contributed by atoms with Gasteiger partial charge >= 0.3 is 0 Å². The molecule has 7 heteroatoms. The second-order valence-electron chi connectivity index (χ2n) is 4.06. The summed E-state index contributed by atoms with van der Waals surface area (Å²) >= 11 is 1.81. The molecule has 1 aromatic carbocycles. The monoisotopic (exact) mass is 289 g/mol. The quantitative estimate of drug-likeness (QED) is 0.689. The van der Waals surface area contributed by atoms with E-state index in [1.807, 2.05) is 11.8 Å². The van der Waals surface area contributed by atoms with Gasteiger partial charge in [-0.05, 0) is 30.9 Å². The zero-order valence-electron chi connectivity index (χ0n) is 10.5. The van der Waals surface area contributed by atoms with Crippen molar-refractivity contribution in [3.8, 4) is 0 Å². The molecule has 1 rings (SSSR count). The van der Waals surface area contributed by atoms with Crippen molar-refractivity contribution in [3.63, 3.8) is 0 Å². The number of hydrogen-bond acceptors (Lipinski definition) is 5. The minimum absolute atomic E-state index is 0.0365. The van der Waals surface area contributed by atoms with Gasteiger partial charge < -0.3 is 11.1 Å². The average molecular weight is 289 g/mol. The molecule has 1 unspecified atom stereocenters. The van der Waals surface area contributed by atoms with Gasteiger partial charge in [0.05, 0.1) is 5.69 Å². The minimum atomic E-state index is -3.74. The lowest BCUT2D eigenvalue weighted by Gasteiger charge is -2.11. The number of sulfonamides is 1. The Morgan fingerprint density at radius 3 is 2.61 bits per heavy atom. The Hall–Kier alpha value is -0.920. The number of nitrogen functional groups attached to an aromatic ring is 1. The van der Waals surface area contributed by atoms with Crippen molar-refractivity contribution >= 4 is 33.2 Å². The first-order chi connectivity index (χ1) is 8.34. The van der Waals surface area contributed by atoms with E-state index in [1.165, 1.54) is 6.07 Å². The van der Waals surface area contributed by atoms with Crippen LogP contribution in [-0.4, -0.2) is 26.5 Å². The number of rotatable bonds is 6. The molecule has 5 nitrogen and oxygen atoms in total. The van der Waals surface area contributed by atoms with Crippen LogP contribution >= 0.6 is 11.8 Å². The van der Waals surface area contributed by atoms with Crippen LogP contribution in [0, 0.1) is 0 Å². The zero-order chi connectivity index (χ0) is 13.8. The van der Waals surface area contributed by atoms with Gasteiger partial charge in [-0.3, -0.25) is 0 Å². The van der Waals surface area contributed by atoms with Crippen LogP contribution < -0.4 is 16.2 Å². The van der Waals surface area contributed by atoms with E-state index in [9.17, 15) is 8.42 Å². The van der Waals surface area contributed by atoms with E-state index >= 15 is 0 Å². The molecular weight excluding hydrogens is 270 g/mol. The Morgan fingerprint density at radius 1 is 1.44 bits per heavy atom. The van der Waals surface area contributed by atoms with E-state index in [2.05, 4.69) is 18.5 Å². The summed E-state index contributed by atoms with van der Waals surface area (Å²) in [6.45, 7) is 2.97. The molecule has 1 atom stereocenters. The molecule has 0 amide bonds. The first kappa shape index (κ1) is 15.1. The van der Waals surface area contributed by atoms with Crippen LogP contribution in [0.15, 0.2) is 23.1 Å². The fourth-order valence-electron chi connectivity index (χ4n) is 1.46. The molecule has 102 valence electrons. The summed E-state index contributed by atoms with van der Waals surface area (Å²) in [5, 5.41) is 8.82. The SMILES string of the molecule is CSC(C)CCNc1ccc(S(N)(=O)=O)c(N)c1. The van der Waals surface area contributed by atoms with Gasteiger partial charge in [-0.25, -0.2) is 13.6 Å². The van der Waals surface area contributed by atoms with Crippen LogP contribution in [0.4, 0.5) is 11.4 Å². The third-order valence-corrected chi connectivity index (χ3v) is 4.62. The van der Waals surface area contributed by atoms with E-state index in [4.69, 9.17) is 10.9 Å². The summed E-state index contributed by atoms with van der Waals surface area (Å²) in [5.74, 6) is 0. The Morgan fingerprint density at radius 2 is 2.11 bits per heavy atom. The molecule has 0 aliphatic rings. The second-order valence-corrected chi connectivity index (χ2v) is 6.87. The summed E-state index contributed by atoms with van der Waals surface area (Å²) in [6.07, 6.45) is 3.10. The second kappa shape index (κ2) is 6.31. The Bertz CT molecular complexity index is 503. The molecule has 0 bridgehead atoms. The average Bonchev–Trinajstić information content (AvgIpc) is 2.27. The fraction of sp³-hybridized carbons (Fsp3) is 0.455. The topological polar surface area (TPSA) is 98.2 Å². The molecule has 0 aromatic heterocycles. The van der Waals surface area contributed by atoms with Crippen molar-refractivity contribution in [3.05, 3.63) is 18.2 Å². The van der Waals surface area contributed by atoms with Crippen LogP contribution in [0.2, 0.25) is 0 Å². The predicted octanol–water partition coefficient (Wildman–Crippen LogP) is 1.47. The van der Waals surface area contributed by atoms with E-state index in [-0.39, 0.29) is 10.6 Å². The first-order valence-electron chi connectivity index (χ1n) is 5.53. The highest BCUT2D eigenvalue weighted by Gasteiger charge is 2.12. The number of hydrogen-bond donors (Lipinski definition) is 3. The highest BCUT2D eigenvalue weighted by atomic mass is 32.2. The largest absolute Gasteiger partial charge is 0.398 e. The summed E-state index contributed by atoms with van der Waals surface area (Å²) in [7, 11) is -3.74. The van der Waals surface area contributed by atoms with Gasteiger partial charge in [-0.2, -0.15) is 11.8 Å². The molecule has 0 saturated carbocycles. The zero-order valence-corrected chi connectivity index (χ0v) is 12.1. The molecule has 0 radical (unpaired) electrons. The summed E-state index contributed by atoms with van der Waals surface area (Å²) in [4.78, 5) is -0.0365. The lowest BCUT2D eigenvalue weighted by Crippen LogP contribution is -2.14. The van der Waals surface area contributed by atoms with Crippen molar-refractivity contribution < 1.29 is 8.42 Å². The molecule has 0 fully saturated rings. The fourth-order valence-corrected chi connectivity index (χ4v) is 2.45. The van der Waals surface area contributed by atoms with Crippen molar-refractivity contribution in [2.24, 2.45) is 5.14 Å². The van der Waals surface area contributed by atoms with Gasteiger partial charge in [0.1, 0.15) is 4.90 Å². The van der Waals surface area contributed by atoms with Crippen LogP contribution in [0.5, 0.6) is 0 Å². The smallest absolute Gasteiger partial charge is 0.240 e. The standard InChI is InChI=1S/C11H19N3O2S2/c1-8(17-2)5-6-14-9-3-4-11(10(12)7-9)18(13,15)16/h3-4,7-8,14H,5-6,12H2,1-2H3,(H2,13,15,16). The van der Waals surface area contributed by atoms with E-state index in [0.29, 0.717) is 5.25 Å². The summed E-state index contributed by atoms with van der Waals surface area (Å²) < 4.78 is 22.4. The van der Waals surface area contributed by atoms with Crippen molar-refractivity contribution in [1.82, 2.24) is 0 Å². The summed E-state index contributed by atoms with van der Waals surface area (Å²) in [5.41, 5.74) is 6.63. The van der Waals surface area contributed by atoms with Crippen molar-refractivity contribution in [2.45, 2.75) is 23.5 Å². The molecular formula is C11H19N3O2S2. The van der Waals surface area contributed by atoms with E-state index in [0.717, 1.165) is 18.7 Å². The third kappa shape index (κ3) is 4.40. The maximum absolute atomic E-state index is 11.2. The molecule has 0 aliphatic carbocycles. The van der Waals surface area contributed by atoms with Crippen LogP contribution in [0.25, 0.3) is 0 Å². The first-order valence-corrected chi connectivity index (χ1v) is 8.37. The lowest BCUT2D eigenvalue weighted by atomic mass is 10.2. The van der Waals surface area contributed by atoms with Gasteiger partial charge in [0, 0.05) is 17.5 Å². The summed E-state index contributed by atoms with van der Waals surface area (Å²) in [6, 6.07) is 4.67. The minimum Gasteiger partial charge on any atom is -0.398 e. The van der Waals surface area contributed by atoms with Gasteiger partial charge in [-0.1, -0.05) is 6.92 Å². The Kier molecular flexibility index (Phi) is 5.30. The van der Waals surface area contributed by atoms with Gasteiger partial charge in [0.15, 0.2) is 0 Å². The number of anilines is 2. The molecule has 0 heterocycles. The Labute approximate surface area is 112 Å². The maximum atomic E-state index is 11.2. The number of nitrogens with two attached hydrogens (primary N) is 2. The number of benzene rings is 1. The molecule has 0 aliphatic heterocycles. The highest BCUT2D eigenvalue weighted by Crippen LogP contribution is 2.21. The van der Waals surface area contributed by atoms with Crippen LogP contribution in [0.1, 0.15) is 13.3 Å². The molecule has 18 heavy (non-hydrogen) atoms. The van der Waals surface area contributed by atoms with Crippen LogP contribution in [-0.2, 0) is 10.0 Å².